The van der Waals surface area contributed by atoms with Crippen LogP contribution in [0.5, 0.6) is 0 Å². The van der Waals surface area contributed by atoms with Gasteiger partial charge in [-0.2, -0.15) is 0 Å². The summed E-state index contributed by atoms with van der Waals surface area (Å²) < 4.78 is 8.56. The summed E-state index contributed by atoms with van der Waals surface area (Å²) in [6.45, 7) is 13.3. The van der Waals surface area contributed by atoms with Crippen molar-refractivity contribution in [3.8, 4) is 0 Å². The molecule has 0 aliphatic heterocycles. The maximum atomic E-state index is 10.9. The van der Waals surface area contributed by atoms with E-state index in [4.69, 9.17) is 3.07 Å². The van der Waals surface area contributed by atoms with Gasteiger partial charge in [0, 0.05) is 0 Å². The molecule has 0 amide bonds. The summed E-state index contributed by atoms with van der Waals surface area (Å²) in [6.07, 6.45) is 6.70. The number of carbonyl (C=O) groups is 1. The average Bonchev–Trinajstić information content (AvgIpc) is 2.31. The van der Waals surface area contributed by atoms with Crippen LogP contribution in [0.3, 0.4) is 0 Å². The Morgan fingerprint density at radius 1 is 0.789 bits per heavy atom. The molecule has 0 aliphatic rings. The van der Waals surface area contributed by atoms with E-state index >= 15 is 0 Å². The molecule has 0 aromatic rings. The van der Waals surface area contributed by atoms with Crippen LogP contribution in [0.25, 0.3) is 0 Å². The average molecular weight is 371 g/mol. The molecule has 0 atom stereocenters. The van der Waals surface area contributed by atoms with Gasteiger partial charge in [0.1, 0.15) is 0 Å². The zero-order chi connectivity index (χ0) is 14.9. The molecular formula is C16H28O2Sn. The Balaban J connectivity index is 5.19. The molecule has 0 radical (unpaired) electrons. The van der Waals surface area contributed by atoms with Crippen molar-refractivity contribution in [1.29, 1.82) is 0 Å². The minimum atomic E-state index is -2.92. The van der Waals surface area contributed by atoms with E-state index in [-0.39, 0.29) is 0 Å². The van der Waals surface area contributed by atoms with Crippen molar-refractivity contribution in [3.05, 3.63) is 34.9 Å². The SMILES string of the molecule is CC(C)=C[CH2][Sn]([CH2]C=C(C)C)([CH2]C=C(C)C)[O]C=O. The molecule has 0 saturated carbocycles. The first-order chi connectivity index (χ1) is 8.81. The summed E-state index contributed by atoms with van der Waals surface area (Å²) in [7, 11) is 0. The fourth-order valence-electron chi connectivity index (χ4n) is 1.67. The predicted molar refractivity (Wildman–Crippen MR) is 85.6 cm³/mol. The predicted octanol–water partition coefficient (Wildman–Crippen LogP) is 5.00. The molecule has 0 rings (SSSR count). The van der Waals surface area contributed by atoms with Gasteiger partial charge in [0.15, 0.2) is 0 Å². The van der Waals surface area contributed by atoms with Crippen molar-refractivity contribution in [3.63, 3.8) is 0 Å². The Hall–Kier alpha value is -0.511. The van der Waals surface area contributed by atoms with Gasteiger partial charge in [-0.05, 0) is 0 Å². The molecule has 2 nitrogen and oxygen atoms in total. The van der Waals surface area contributed by atoms with E-state index in [0.29, 0.717) is 6.47 Å². The molecular weight excluding hydrogens is 343 g/mol. The monoisotopic (exact) mass is 372 g/mol. The Kier molecular flexibility index (Phi) is 9.15. The van der Waals surface area contributed by atoms with E-state index in [9.17, 15) is 4.79 Å². The molecule has 0 saturated heterocycles. The molecule has 0 fully saturated rings. The first-order valence-corrected chi connectivity index (χ1v) is 14.0. The fourth-order valence-corrected chi connectivity index (χ4v) is 11.2. The topological polar surface area (TPSA) is 26.3 Å². The van der Waals surface area contributed by atoms with Crippen molar-refractivity contribution in [2.45, 2.75) is 54.9 Å². The zero-order valence-corrected chi connectivity index (χ0v) is 16.1. The summed E-state index contributed by atoms with van der Waals surface area (Å²) in [5.41, 5.74) is 3.89. The minimum absolute atomic E-state index is 0.673. The fraction of sp³-hybridized carbons (Fsp3) is 0.562. The Bertz CT molecular complexity index is 316. The van der Waals surface area contributed by atoms with Crippen molar-refractivity contribution in [2.24, 2.45) is 0 Å². The number of carbonyl (C=O) groups excluding carboxylic acids is 1. The molecule has 108 valence electrons. The molecule has 3 heteroatoms. The molecule has 0 unspecified atom stereocenters. The second kappa shape index (κ2) is 9.40. The van der Waals surface area contributed by atoms with Gasteiger partial charge in [-0.3, -0.25) is 0 Å². The second-order valence-electron chi connectivity index (χ2n) is 5.85. The van der Waals surface area contributed by atoms with Gasteiger partial charge in [-0.1, -0.05) is 0 Å². The quantitative estimate of drug-likeness (QED) is 0.341. The van der Waals surface area contributed by atoms with Crippen LogP contribution >= 0.6 is 0 Å². The molecule has 0 bridgehead atoms. The van der Waals surface area contributed by atoms with Gasteiger partial charge < -0.3 is 0 Å². The molecule has 0 N–H and O–H groups in total. The van der Waals surface area contributed by atoms with Crippen LogP contribution < -0.4 is 0 Å². The first kappa shape index (κ1) is 18.5. The molecule has 0 aliphatic carbocycles. The van der Waals surface area contributed by atoms with Gasteiger partial charge in [0.05, 0.1) is 0 Å². The standard InChI is InChI=1S/3C5H9.CH2O2.Sn/c3*1-4-5(2)3;2-1-3;/h3*4H,1H2,2-3H3;1H,(H,2,3);/q;;;;+1/p-1. The normalized spacial score (nSPS) is 10.4. The van der Waals surface area contributed by atoms with E-state index in [1.54, 1.807) is 0 Å². The summed E-state index contributed by atoms with van der Waals surface area (Å²) in [5, 5.41) is 0. The van der Waals surface area contributed by atoms with Crippen molar-refractivity contribution in [1.82, 2.24) is 0 Å². The van der Waals surface area contributed by atoms with Crippen LogP contribution in [-0.4, -0.2) is 25.3 Å². The van der Waals surface area contributed by atoms with Gasteiger partial charge in [0.25, 0.3) is 0 Å². The molecule has 0 heterocycles. The summed E-state index contributed by atoms with van der Waals surface area (Å²) >= 11 is -2.92. The van der Waals surface area contributed by atoms with Crippen molar-refractivity contribution in [2.75, 3.05) is 0 Å². The van der Waals surface area contributed by atoms with Crippen LogP contribution in [0.4, 0.5) is 0 Å². The first-order valence-electron chi connectivity index (χ1n) is 6.83. The third kappa shape index (κ3) is 9.09. The van der Waals surface area contributed by atoms with Gasteiger partial charge >= 0.3 is 123 Å². The van der Waals surface area contributed by atoms with Crippen LogP contribution in [0, 0.1) is 0 Å². The van der Waals surface area contributed by atoms with Gasteiger partial charge in [0.2, 0.25) is 0 Å². The summed E-state index contributed by atoms with van der Waals surface area (Å²) in [4.78, 5) is 10.9. The molecule has 19 heavy (non-hydrogen) atoms. The third-order valence-corrected chi connectivity index (χ3v) is 12.8. The van der Waals surface area contributed by atoms with E-state index in [1.165, 1.54) is 16.7 Å². The van der Waals surface area contributed by atoms with E-state index in [1.807, 2.05) is 0 Å². The maximum absolute atomic E-state index is 10.9. The van der Waals surface area contributed by atoms with E-state index < -0.39 is 18.8 Å². The second-order valence-corrected chi connectivity index (χ2v) is 16.8. The van der Waals surface area contributed by atoms with Gasteiger partial charge in [-0.15, -0.1) is 0 Å². The third-order valence-electron chi connectivity index (χ3n) is 2.95. The number of hydrogen-bond donors (Lipinski definition) is 0. The van der Waals surface area contributed by atoms with Crippen molar-refractivity contribution < 1.29 is 7.87 Å². The zero-order valence-electron chi connectivity index (χ0n) is 13.2. The van der Waals surface area contributed by atoms with Crippen LogP contribution in [0.2, 0.25) is 13.3 Å². The van der Waals surface area contributed by atoms with Crippen LogP contribution in [-0.2, 0) is 7.87 Å². The van der Waals surface area contributed by atoms with Crippen molar-refractivity contribution >= 4 is 25.3 Å². The van der Waals surface area contributed by atoms with E-state index in [0.717, 1.165) is 13.3 Å². The number of rotatable bonds is 8. The summed E-state index contributed by atoms with van der Waals surface area (Å²) in [5.74, 6) is 0. The van der Waals surface area contributed by atoms with Crippen LogP contribution in [0.15, 0.2) is 34.9 Å². The van der Waals surface area contributed by atoms with Crippen LogP contribution in [0.1, 0.15) is 41.5 Å². The number of allylic oxidation sites excluding steroid dienone is 6. The Morgan fingerprint density at radius 3 is 1.32 bits per heavy atom. The Labute approximate surface area is 123 Å². The molecule has 0 aromatic heterocycles. The summed E-state index contributed by atoms with van der Waals surface area (Å²) in [6, 6.07) is 0. The van der Waals surface area contributed by atoms with E-state index in [2.05, 4.69) is 59.8 Å². The van der Waals surface area contributed by atoms with Gasteiger partial charge in [-0.25, -0.2) is 0 Å². The molecule has 0 spiro atoms. The molecule has 0 aromatic carbocycles. The Morgan fingerprint density at radius 2 is 1.11 bits per heavy atom. The number of hydrogen-bond acceptors (Lipinski definition) is 2.